The van der Waals surface area contributed by atoms with Crippen LogP contribution in [0.2, 0.25) is 0 Å². The van der Waals surface area contributed by atoms with E-state index >= 15 is 0 Å². The molecule has 7 N–H and O–H groups in total. The molecule has 0 aromatic carbocycles. The Morgan fingerprint density at radius 1 is 1.09 bits per heavy atom. The van der Waals surface area contributed by atoms with Gasteiger partial charge in [-0.25, -0.2) is 0 Å². The van der Waals surface area contributed by atoms with Gasteiger partial charge in [0, 0.05) is 6.54 Å². The van der Waals surface area contributed by atoms with E-state index in [0.29, 0.717) is 32.2 Å². The highest BCUT2D eigenvalue weighted by molar-refractivity contribution is 5.76. The largest absolute Gasteiger partial charge is 0.476 e. The molecule has 7 nitrogen and oxygen atoms in total. The fraction of sp³-hybridized carbons (Fsp3) is 0.733. The minimum Gasteiger partial charge on any atom is -0.476 e. The molecule has 0 saturated carbocycles. The van der Waals surface area contributed by atoms with Gasteiger partial charge in [-0.2, -0.15) is 14.1 Å². The second kappa shape index (κ2) is 12.4. The topological polar surface area (TPSA) is 112 Å². The van der Waals surface area contributed by atoms with Gasteiger partial charge in [-0.15, -0.1) is 0 Å². The van der Waals surface area contributed by atoms with Crippen LogP contribution < -0.4 is 21.3 Å². The van der Waals surface area contributed by atoms with E-state index in [9.17, 15) is 14.7 Å². The number of rotatable bonds is 12. The van der Waals surface area contributed by atoms with Gasteiger partial charge in [-0.3, -0.25) is 9.59 Å². The Balaban J connectivity index is 3.86. The molecule has 3 unspecified atom stereocenters. The van der Waals surface area contributed by atoms with Crippen molar-refractivity contribution in [3.8, 4) is 0 Å². The summed E-state index contributed by atoms with van der Waals surface area (Å²) < 4.78 is 0. The molecule has 0 aliphatic rings. The van der Waals surface area contributed by atoms with Crippen molar-refractivity contribution in [2.75, 3.05) is 13.2 Å². The summed E-state index contributed by atoms with van der Waals surface area (Å²) in [4.78, 5) is 23.3. The van der Waals surface area contributed by atoms with E-state index in [-0.39, 0.29) is 36.5 Å². The number of aliphatic hydroxyl groups excluding tert-OH is 1. The van der Waals surface area contributed by atoms with E-state index < -0.39 is 0 Å². The predicted molar refractivity (Wildman–Crippen MR) is 84.0 cm³/mol. The first kappa shape index (κ1) is 20.8. The molecular weight excluding hydrogens is 284 g/mol. The van der Waals surface area contributed by atoms with Gasteiger partial charge >= 0.3 is 0 Å². The lowest BCUT2D eigenvalue weighted by Gasteiger charge is -2.18. The molecule has 2 amide bonds. The van der Waals surface area contributed by atoms with E-state index in [2.05, 4.69) is 24.7 Å². The van der Waals surface area contributed by atoms with Crippen LogP contribution in [0.15, 0.2) is 0 Å². The van der Waals surface area contributed by atoms with Crippen LogP contribution in [0.4, 0.5) is 0 Å². The summed E-state index contributed by atoms with van der Waals surface area (Å²) in [5, 5.41) is 18.4. The lowest BCUT2D eigenvalue weighted by molar-refractivity contribution is -0.629. The van der Waals surface area contributed by atoms with Gasteiger partial charge in [0.1, 0.15) is 0 Å². The Kier molecular flexibility index (Phi) is 11.7. The Labute approximate surface area is 133 Å². The first-order valence-electron chi connectivity index (χ1n) is 7.84. The average molecular weight is 316 g/mol. The maximum Gasteiger partial charge on any atom is 0.226 e. The third-order valence-corrected chi connectivity index (χ3v) is 3.46. The summed E-state index contributed by atoms with van der Waals surface area (Å²) in [6, 6.07) is 0.00956. The van der Waals surface area contributed by atoms with Crippen LogP contribution in [-0.2, 0) is 9.59 Å². The number of carbonyl (C=O) groups excluding carboxylic acids is 2. The average Bonchev–Trinajstić information content (AvgIpc) is 2.49. The lowest BCUT2D eigenvalue weighted by atomic mass is 10.1. The van der Waals surface area contributed by atoms with Gasteiger partial charge in [0.05, 0.1) is 37.6 Å². The highest BCUT2D eigenvalue weighted by Crippen LogP contribution is 1.98. The van der Waals surface area contributed by atoms with Gasteiger partial charge in [-0.1, -0.05) is 0 Å². The fourth-order valence-corrected chi connectivity index (χ4v) is 1.90. The van der Waals surface area contributed by atoms with Crippen LogP contribution in [0.25, 0.3) is 0 Å². The number of carbonyl (C=O) groups is 2. The monoisotopic (exact) mass is 316 g/mol. The van der Waals surface area contributed by atoms with Crippen molar-refractivity contribution in [3.05, 3.63) is 14.1 Å². The zero-order valence-electron chi connectivity index (χ0n) is 13.8. The molecule has 3 atom stereocenters. The van der Waals surface area contributed by atoms with E-state index in [1.807, 2.05) is 13.8 Å². The minimum absolute atomic E-state index is 0.00297. The highest BCUT2D eigenvalue weighted by Gasteiger charge is 2.14. The zero-order chi connectivity index (χ0) is 17.0. The van der Waals surface area contributed by atoms with E-state index in [1.54, 1.807) is 10.6 Å². The zero-order valence-corrected chi connectivity index (χ0v) is 13.8. The summed E-state index contributed by atoms with van der Waals surface area (Å²) >= 11 is 0. The smallest absolute Gasteiger partial charge is 0.226 e. The third-order valence-electron chi connectivity index (χ3n) is 3.46. The molecule has 0 fully saturated rings. The molecule has 0 spiro atoms. The predicted octanol–water partition coefficient (Wildman–Crippen LogP) is -2.37. The van der Waals surface area contributed by atoms with Crippen LogP contribution >= 0.6 is 0 Å². The lowest BCUT2D eigenvalue weighted by Crippen LogP contribution is -2.83. The molecule has 22 heavy (non-hydrogen) atoms. The first-order valence-corrected chi connectivity index (χ1v) is 7.84. The number of nitrogens with two attached hydrogens (primary N) is 2. The molecule has 130 valence electrons. The minimum atomic E-state index is -0.270. The first-order chi connectivity index (χ1) is 10.4. The number of quaternary nitrogens is 2. The second-order valence-electron chi connectivity index (χ2n) is 5.77. The number of hydrogen-bond donors (Lipinski definition) is 5. The second-order valence-corrected chi connectivity index (χ2v) is 5.77. The molecule has 7 heteroatoms. The molecule has 0 bridgehead atoms. The molecule has 0 aliphatic heterocycles. The summed E-state index contributed by atoms with van der Waals surface area (Å²) in [6.07, 6.45) is 2.14. The Bertz CT molecular complexity index is 326. The van der Waals surface area contributed by atoms with Crippen LogP contribution in [0, 0.1) is 14.1 Å². The molecule has 0 aromatic rings. The van der Waals surface area contributed by atoms with E-state index in [1.165, 1.54) is 0 Å². The van der Waals surface area contributed by atoms with Crippen molar-refractivity contribution in [1.82, 2.24) is 10.6 Å². The van der Waals surface area contributed by atoms with Crippen LogP contribution in [0.5, 0.6) is 0 Å². The maximum absolute atomic E-state index is 11.7. The molecule has 0 saturated heterocycles. The Hall–Kier alpha value is -1.18. The number of aliphatic hydroxyl groups is 1. The van der Waals surface area contributed by atoms with Crippen LogP contribution in [0.3, 0.4) is 0 Å². The summed E-state index contributed by atoms with van der Waals surface area (Å²) in [7, 11) is 7.29. The molecule has 0 radical (unpaired) electrons. The van der Waals surface area contributed by atoms with Gasteiger partial charge in [-0.05, 0) is 26.7 Å². The van der Waals surface area contributed by atoms with Gasteiger partial charge in [0.2, 0.25) is 11.8 Å². The van der Waals surface area contributed by atoms with Crippen molar-refractivity contribution < 1.29 is 25.3 Å². The maximum atomic E-state index is 11.7. The summed E-state index contributed by atoms with van der Waals surface area (Å²) in [5.41, 5.74) is 0. The van der Waals surface area contributed by atoms with Crippen LogP contribution in [-0.4, -0.2) is 48.2 Å². The van der Waals surface area contributed by atoms with Crippen molar-refractivity contribution in [2.24, 2.45) is 0 Å². The van der Waals surface area contributed by atoms with E-state index in [0.717, 1.165) is 0 Å². The van der Waals surface area contributed by atoms with Crippen molar-refractivity contribution >= 4 is 11.8 Å². The molecule has 0 aliphatic carbocycles. The van der Waals surface area contributed by atoms with Gasteiger partial charge in [0.15, 0.2) is 0 Å². The summed E-state index contributed by atoms with van der Waals surface area (Å²) in [6.45, 7) is 4.29. The third kappa shape index (κ3) is 10.5. The number of amides is 2. The SMILES string of the molecule is [CH2-][NH2+]C(C)CC(=O)NCCCC(CO)NC(=O)CC(C)[NH2+][CH2-]. The molecular formula is C15H32N4O3. The van der Waals surface area contributed by atoms with Crippen molar-refractivity contribution in [2.45, 2.75) is 57.7 Å². The molecule has 0 heterocycles. The van der Waals surface area contributed by atoms with Gasteiger partial charge in [0.25, 0.3) is 0 Å². The van der Waals surface area contributed by atoms with Crippen molar-refractivity contribution in [3.63, 3.8) is 0 Å². The standard InChI is InChI=1S/C15H32N4O3/c1-11(16-3)8-14(21)18-7-5-6-13(10-20)19-15(22)9-12(2)17-4/h11-13,20H,3-10,16-17H2,1-2H3,(H,18,21)(H,19,22). The van der Waals surface area contributed by atoms with E-state index in [4.69, 9.17) is 0 Å². The Morgan fingerprint density at radius 3 is 2.14 bits per heavy atom. The number of nitrogens with one attached hydrogen (secondary N) is 2. The number of hydrogen-bond acceptors (Lipinski definition) is 3. The highest BCUT2D eigenvalue weighted by atomic mass is 16.3. The summed E-state index contributed by atoms with van der Waals surface area (Å²) in [5.74, 6) is -0.0907. The Morgan fingerprint density at radius 2 is 1.64 bits per heavy atom. The quantitative estimate of drug-likeness (QED) is 0.205. The molecule has 0 rings (SSSR count). The van der Waals surface area contributed by atoms with Crippen molar-refractivity contribution in [1.29, 1.82) is 0 Å². The normalized spacial score (nSPS) is 15.0. The molecule has 0 aromatic heterocycles. The fourth-order valence-electron chi connectivity index (χ4n) is 1.90. The van der Waals surface area contributed by atoms with Gasteiger partial charge < -0.3 is 26.4 Å². The van der Waals surface area contributed by atoms with Crippen LogP contribution in [0.1, 0.15) is 39.5 Å².